The molecule has 13 rings (SSSR count). The van der Waals surface area contributed by atoms with Gasteiger partial charge in [0.25, 0.3) is 0 Å². The van der Waals surface area contributed by atoms with Crippen molar-refractivity contribution in [2.24, 2.45) is 0 Å². The Labute approximate surface area is 706 Å². The standard InChI is InChI=1S/C110H140BN2O4/c1-21-29-37-77-45-52-100(86(58-77)44-36-28-8)110(93-63-82(42-34-26-6)57-83(64-93)43-35-27-7)108(115)113-102-54-49-85-66-88(104-98(75(17)18)69-90(72(11)12)70-99(104)76(19)20)47-51-95(85)106(102)105-94-50-46-87(103-96(73(13)14)67-89(71(9)10)68-97(103)74(15)16)65-84(94)48-53-101(105)112-107(114)109(116-111(112,113)117-110,91-59-78(38-30-22-2)55-79(60-91)39-31-23-3)92-61-80(40-32-24-4)56-81(62-92)41-33-25-5/h45-76H,21-44H2,1-20H3/q-1/t110?,111-/m0/s1. The van der Waals surface area contributed by atoms with Crippen molar-refractivity contribution >= 4 is 51.6 Å². The van der Waals surface area contributed by atoms with Crippen molar-refractivity contribution in [2.45, 2.75) is 339 Å². The Morgan fingerprint density at radius 2 is 0.607 bits per heavy atom. The van der Waals surface area contributed by atoms with Crippen LogP contribution >= 0.6 is 0 Å². The minimum Gasteiger partial charge on any atom is -0.511 e. The minimum atomic E-state index is -3.56. The van der Waals surface area contributed by atoms with Crippen LogP contribution in [0.5, 0.6) is 0 Å². The summed E-state index contributed by atoms with van der Waals surface area (Å²) >= 11 is 0. The third-order valence-electron chi connectivity index (χ3n) is 26.4. The van der Waals surface area contributed by atoms with Crippen LogP contribution in [0, 0.1) is 0 Å². The molecular weight excluding hydrogens is 1420 g/mol. The summed E-state index contributed by atoms with van der Waals surface area (Å²) in [6.45, 7) is 42.7. The van der Waals surface area contributed by atoms with Gasteiger partial charge in [0.05, 0.1) is 0 Å². The highest BCUT2D eigenvalue weighted by Crippen LogP contribution is 2.63. The Hall–Kier alpha value is -8.36. The lowest BCUT2D eigenvalue weighted by Gasteiger charge is -2.46. The smallest absolute Gasteiger partial charge is 0.472 e. The van der Waals surface area contributed by atoms with Gasteiger partial charge in [-0.1, -0.05) is 323 Å². The van der Waals surface area contributed by atoms with Crippen molar-refractivity contribution in [1.82, 2.24) is 0 Å². The van der Waals surface area contributed by atoms with Gasteiger partial charge in [0.15, 0.2) is 11.2 Å². The molecule has 2 fully saturated rings. The molecule has 10 aromatic rings. The number of carbonyl (C=O) groups excluding carboxylic acids is 2. The third kappa shape index (κ3) is 16.6. The van der Waals surface area contributed by atoms with E-state index < -0.39 is 18.0 Å². The van der Waals surface area contributed by atoms with Gasteiger partial charge in [-0.15, -0.1) is 0 Å². The molecule has 3 aliphatic rings. The average molecular weight is 1570 g/mol. The van der Waals surface area contributed by atoms with Crippen molar-refractivity contribution in [3.8, 4) is 33.4 Å². The van der Waals surface area contributed by atoms with Gasteiger partial charge in [-0.3, -0.25) is 9.59 Å². The number of nitrogens with zero attached hydrogens (tertiary/aromatic N) is 2. The van der Waals surface area contributed by atoms with E-state index >= 15 is 9.59 Å². The highest BCUT2D eigenvalue weighted by Gasteiger charge is 2.72. The zero-order valence-electron chi connectivity index (χ0n) is 75.6. The van der Waals surface area contributed by atoms with Crippen LogP contribution in [-0.4, -0.2) is 18.6 Å². The van der Waals surface area contributed by atoms with Crippen molar-refractivity contribution in [3.05, 3.63) is 258 Å². The van der Waals surface area contributed by atoms with Crippen LogP contribution in [0.1, 0.15) is 377 Å². The summed E-state index contributed by atoms with van der Waals surface area (Å²) < 4.78 is 18.1. The maximum Gasteiger partial charge on any atom is 0.472 e. The maximum absolute atomic E-state index is 19.2. The van der Waals surface area contributed by atoms with Crippen LogP contribution in [0.4, 0.5) is 11.4 Å². The number of benzene rings is 10. The quantitative estimate of drug-likeness (QED) is 0.0367. The van der Waals surface area contributed by atoms with Gasteiger partial charge in [0.2, 0.25) is 11.8 Å². The van der Waals surface area contributed by atoms with Crippen molar-refractivity contribution in [2.75, 3.05) is 9.62 Å². The molecule has 117 heavy (non-hydrogen) atoms. The number of aryl methyl sites for hydroxylation is 8. The monoisotopic (exact) mass is 1560 g/mol. The highest BCUT2D eigenvalue weighted by molar-refractivity contribution is 6.87. The molecule has 1 spiro atoms. The number of unbranched alkanes of at least 4 members (excludes halogenated alkanes) is 8. The summed E-state index contributed by atoms with van der Waals surface area (Å²) in [5.41, 5.74) is 25.1. The van der Waals surface area contributed by atoms with Gasteiger partial charge in [0, 0.05) is 22.5 Å². The molecule has 10 aromatic carbocycles. The molecule has 0 bridgehead atoms. The summed E-state index contributed by atoms with van der Waals surface area (Å²) in [5.74, 6) is 1.27. The lowest BCUT2D eigenvalue weighted by Crippen LogP contribution is -2.64. The minimum absolute atomic E-state index is 0.248. The molecule has 0 aromatic heterocycles. The summed E-state index contributed by atoms with van der Waals surface area (Å²) in [7, 11) is 0. The Bertz CT molecular complexity index is 5040. The largest absolute Gasteiger partial charge is 0.511 e. The molecule has 0 aliphatic carbocycles. The van der Waals surface area contributed by atoms with Gasteiger partial charge < -0.3 is 18.9 Å². The topological polar surface area (TPSA) is 59.1 Å². The Morgan fingerprint density at radius 3 is 0.932 bits per heavy atom. The highest BCUT2D eigenvalue weighted by atomic mass is 16.7. The molecule has 0 saturated carbocycles. The first-order valence-corrected chi connectivity index (χ1v) is 46.6. The first kappa shape index (κ1) is 86.5. The number of rotatable bonds is 36. The molecule has 2 saturated heterocycles. The van der Waals surface area contributed by atoms with Crippen molar-refractivity contribution < 1.29 is 18.9 Å². The van der Waals surface area contributed by atoms with Crippen LogP contribution in [0.3, 0.4) is 0 Å². The van der Waals surface area contributed by atoms with E-state index in [0.29, 0.717) is 23.2 Å². The van der Waals surface area contributed by atoms with E-state index in [0.717, 1.165) is 215 Å². The fraction of sp³-hybridized carbons (Fsp3) is 0.473. The first-order chi connectivity index (χ1) is 56.4. The Balaban J connectivity index is 1.25. The van der Waals surface area contributed by atoms with Gasteiger partial charge in [-0.25, -0.2) is 0 Å². The van der Waals surface area contributed by atoms with Crippen LogP contribution in [0.25, 0.3) is 54.9 Å². The molecule has 7 heteroatoms. The van der Waals surface area contributed by atoms with E-state index in [2.05, 4.69) is 296 Å². The zero-order valence-corrected chi connectivity index (χ0v) is 75.6. The van der Waals surface area contributed by atoms with E-state index in [4.69, 9.17) is 9.31 Å². The molecule has 2 amide bonds. The molecule has 618 valence electrons. The van der Waals surface area contributed by atoms with E-state index in [1.165, 1.54) is 94.6 Å². The second-order valence-electron chi connectivity index (χ2n) is 37.4. The van der Waals surface area contributed by atoms with Gasteiger partial charge in [0.1, 0.15) is 0 Å². The van der Waals surface area contributed by atoms with Gasteiger partial charge in [-0.2, -0.15) is 0 Å². The number of fused-ring (bicyclic) bond motifs is 9. The molecule has 0 N–H and O–H groups in total. The average Bonchev–Trinajstić information content (AvgIpc) is 1.48. The molecule has 3 aliphatic heterocycles. The summed E-state index contributed by atoms with van der Waals surface area (Å²) in [5, 5.41) is 4.05. The van der Waals surface area contributed by atoms with Crippen LogP contribution < -0.4 is 9.62 Å². The fourth-order valence-corrected chi connectivity index (χ4v) is 19.8. The van der Waals surface area contributed by atoms with E-state index in [1.54, 1.807) is 0 Å². The number of anilines is 2. The SMILES string of the molecule is CCCCc1cc(CCCC)cc(C2(c3cc(CCCC)cc(CCCC)c3)O[B@@-]34OC(c5cc(CCCC)cc(CCCC)c5)(c5ccc(CCCC)cc5CCCC)C(=O)N3c3ccc5cc(-c6c(C(C)C)cc(C(C)C)cc6C(C)C)ccc5c3-c3c(ccc5cc(-c6c(C(C)C)cc(C(C)C)cc6C(C)C)ccc35)N4C2=O)c1. The third-order valence-corrected chi connectivity index (χ3v) is 26.4. The summed E-state index contributed by atoms with van der Waals surface area (Å²) in [6.07, 6.45) is 22.8. The van der Waals surface area contributed by atoms with E-state index in [1.807, 2.05) is 9.62 Å². The van der Waals surface area contributed by atoms with Crippen LogP contribution in [-0.2, 0) is 81.5 Å². The predicted octanol–water partition coefficient (Wildman–Crippen LogP) is 30.5. The number of carbonyl (C=O) groups is 2. The number of hydrogen-bond donors (Lipinski definition) is 0. The molecule has 6 nitrogen and oxygen atoms in total. The second-order valence-corrected chi connectivity index (χ2v) is 37.4. The van der Waals surface area contributed by atoms with Gasteiger partial charge in [-0.05, 0) is 306 Å². The normalized spacial score (nSPS) is 16.5. The Kier molecular flexibility index (Phi) is 27.4. The second kappa shape index (κ2) is 37.1. The first-order valence-electron chi connectivity index (χ1n) is 46.6. The molecule has 3 heterocycles. The maximum atomic E-state index is 19.2. The van der Waals surface area contributed by atoms with Crippen LogP contribution in [0.15, 0.2) is 158 Å². The number of amides is 2. The molecule has 1 unspecified atom stereocenters. The Morgan fingerprint density at radius 1 is 0.299 bits per heavy atom. The summed E-state index contributed by atoms with van der Waals surface area (Å²) in [6, 6.07) is 61.4. The van der Waals surface area contributed by atoms with Crippen LogP contribution in [0.2, 0.25) is 0 Å². The van der Waals surface area contributed by atoms with Gasteiger partial charge >= 0.3 is 6.82 Å². The lowest BCUT2D eigenvalue weighted by molar-refractivity contribution is -0.127. The van der Waals surface area contributed by atoms with Crippen molar-refractivity contribution in [1.29, 1.82) is 0 Å². The molecule has 0 radical (unpaired) electrons. The predicted molar refractivity (Wildman–Crippen MR) is 501 cm³/mol. The number of hydrogen-bond acceptors (Lipinski definition) is 4. The lowest BCUT2D eigenvalue weighted by atomic mass is 9.79. The summed E-state index contributed by atoms with van der Waals surface area (Å²) in [4.78, 5) is 42.4. The van der Waals surface area contributed by atoms with E-state index in [9.17, 15) is 0 Å². The molecular formula is C110H140BN2O4-. The van der Waals surface area contributed by atoms with E-state index in [-0.39, 0.29) is 35.5 Å². The fourth-order valence-electron chi connectivity index (χ4n) is 19.8. The molecule has 2 atom stereocenters. The van der Waals surface area contributed by atoms with Crippen molar-refractivity contribution in [3.63, 3.8) is 0 Å². The zero-order chi connectivity index (χ0) is 83.4.